The number of aryl methyl sites for hydroxylation is 1. The van der Waals surface area contributed by atoms with Crippen molar-refractivity contribution in [3.05, 3.63) is 35.8 Å². The van der Waals surface area contributed by atoms with Crippen molar-refractivity contribution >= 4 is 5.82 Å². The van der Waals surface area contributed by atoms with Gasteiger partial charge in [-0.3, -0.25) is 4.98 Å². The van der Waals surface area contributed by atoms with E-state index >= 15 is 0 Å². The maximum absolute atomic E-state index is 6.06. The van der Waals surface area contributed by atoms with Gasteiger partial charge in [-0.25, -0.2) is 9.97 Å². The standard InChI is InChI=1S/C21H30N4O/c1-5-16(6-2)19-12-18(9-11-26-19)24-20-14(3)15(4)23-21(25-20)17-8-7-10-22-13-17/h7-8,10,13,16,18-19H,5-6,9,11-12H2,1-4H3,(H,23,24,25). The summed E-state index contributed by atoms with van der Waals surface area (Å²) in [7, 11) is 0. The molecule has 1 aliphatic rings. The molecule has 2 atom stereocenters. The Balaban J connectivity index is 1.80. The monoisotopic (exact) mass is 354 g/mol. The van der Waals surface area contributed by atoms with Gasteiger partial charge < -0.3 is 10.1 Å². The molecule has 0 aromatic carbocycles. The zero-order valence-corrected chi connectivity index (χ0v) is 16.3. The summed E-state index contributed by atoms with van der Waals surface area (Å²) in [4.78, 5) is 13.6. The second-order valence-electron chi connectivity index (χ2n) is 7.20. The topological polar surface area (TPSA) is 59.9 Å². The summed E-state index contributed by atoms with van der Waals surface area (Å²) in [5, 5.41) is 3.68. The zero-order chi connectivity index (χ0) is 18.5. The lowest BCUT2D eigenvalue weighted by Gasteiger charge is -2.35. The van der Waals surface area contributed by atoms with Crippen LogP contribution in [-0.4, -0.2) is 33.7 Å². The molecule has 5 nitrogen and oxygen atoms in total. The van der Waals surface area contributed by atoms with Crippen molar-refractivity contribution in [2.75, 3.05) is 11.9 Å². The van der Waals surface area contributed by atoms with E-state index in [9.17, 15) is 0 Å². The highest BCUT2D eigenvalue weighted by molar-refractivity contribution is 5.58. The Morgan fingerprint density at radius 1 is 1.23 bits per heavy atom. The van der Waals surface area contributed by atoms with E-state index in [0.29, 0.717) is 18.1 Å². The predicted molar refractivity (Wildman–Crippen MR) is 105 cm³/mol. The van der Waals surface area contributed by atoms with Crippen molar-refractivity contribution < 1.29 is 4.74 Å². The summed E-state index contributed by atoms with van der Waals surface area (Å²) in [6, 6.07) is 4.31. The molecule has 1 aliphatic heterocycles. The highest BCUT2D eigenvalue weighted by Crippen LogP contribution is 2.28. The largest absolute Gasteiger partial charge is 0.378 e. The Hall–Kier alpha value is -2.01. The summed E-state index contributed by atoms with van der Waals surface area (Å²) in [6.45, 7) is 9.46. The zero-order valence-electron chi connectivity index (χ0n) is 16.3. The third-order valence-corrected chi connectivity index (χ3v) is 5.54. The Labute approximate surface area is 156 Å². The normalized spacial score (nSPS) is 20.3. The Bertz CT molecular complexity index is 715. The SMILES string of the molecule is CCC(CC)C1CC(Nc2nc(-c3cccnc3)nc(C)c2C)CCO1. The lowest BCUT2D eigenvalue weighted by Crippen LogP contribution is -2.38. The van der Waals surface area contributed by atoms with Crippen LogP contribution in [0.5, 0.6) is 0 Å². The van der Waals surface area contributed by atoms with Gasteiger partial charge in [0.25, 0.3) is 0 Å². The molecule has 0 radical (unpaired) electrons. The number of ether oxygens (including phenoxy) is 1. The lowest BCUT2D eigenvalue weighted by molar-refractivity contribution is -0.0271. The molecule has 3 rings (SSSR count). The molecule has 2 unspecified atom stereocenters. The molecule has 0 aliphatic carbocycles. The van der Waals surface area contributed by atoms with Gasteiger partial charge in [-0.1, -0.05) is 26.7 Å². The molecule has 5 heteroatoms. The molecule has 1 fully saturated rings. The summed E-state index contributed by atoms with van der Waals surface area (Å²) in [6.07, 6.45) is 8.32. The summed E-state index contributed by atoms with van der Waals surface area (Å²) >= 11 is 0. The van der Waals surface area contributed by atoms with E-state index in [4.69, 9.17) is 9.72 Å². The van der Waals surface area contributed by atoms with Crippen LogP contribution in [0.25, 0.3) is 11.4 Å². The Kier molecular flexibility index (Phi) is 6.20. The minimum absolute atomic E-state index is 0.345. The third kappa shape index (κ3) is 4.21. The lowest BCUT2D eigenvalue weighted by atomic mass is 9.89. The average Bonchev–Trinajstić information content (AvgIpc) is 2.67. The van der Waals surface area contributed by atoms with E-state index in [0.717, 1.165) is 47.9 Å². The maximum atomic E-state index is 6.06. The van der Waals surface area contributed by atoms with Gasteiger partial charge in [0.15, 0.2) is 5.82 Å². The van der Waals surface area contributed by atoms with Crippen LogP contribution in [0.2, 0.25) is 0 Å². The smallest absolute Gasteiger partial charge is 0.163 e. The quantitative estimate of drug-likeness (QED) is 0.824. The van der Waals surface area contributed by atoms with Crippen LogP contribution >= 0.6 is 0 Å². The van der Waals surface area contributed by atoms with E-state index < -0.39 is 0 Å². The van der Waals surface area contributed by atoms with Crippen molar-refractivity contribution in [1.82, 2.24) is 15.0 Å². The number of anilines is 1. The molecular weight excluding hydrogens is 324 g/mol. The molecule has 0 spiro atoms. The second-order valence-corrected chi connectivity index (χ2v) is 7.20. The van der Waals surface area contributed by atoms with Crippen molar-refractivity contribution in [3.8, 4) is 11.4 Å². The molecular formula is C21H30N4O. The van der Waals surface area contributed by atoms with E-state index in [2.05, 4.69) is 36.1 Å². The molecule has 26 heavy (non-hydrogen) atoms. The second kappa shape index (κ2) is 8.58. The number of hydrogen-bond donors (Lipinski definition) is 1. The molecule has 0 saturated carbocycles. The van der Waals surface area contributed by atoms with Crippen LogP contribution in [0.1, 0.15) is 50.8 Å². The maximum Gasteiger partial charge on any atom is 0.163 e. The fraction of sp³-hybridized carbons (Fsp3) is 0.571. The Morgan fingerprint density at radius 2 is 2.04 bits per heavy atom. The number of aromatic nitrogens is 3. The van der Waals surface area contributed by atoms with E-state index in [-0.39, 0.29) is 0 Å². The first-order valence-corrected chi connectivity index (χ1v) is 9.76. The summed E-state index contributed by atoms with van der Waals surface area (Å²) in [5.41, 5.74) is 3.06. The van der Waals surface area contributed by atoms with E-state index in [1.165, 1.54) is 12.8 Å². The summed E-state index contributed by atoms with van der Waals surface area (Å²) in [5.74, 6) is 2.30. The molecule has 3 heterocycles. The van der Waals surface area contributed by atoms with Gasteiger partial charge in [0.1, 0.15) is 5.82 Å². The predicted octanol–water partition coefficient (Wildman–Crippen LogP) is 4.55. The number of nitrogens with one attached hydrogen (secondary N) is 1. The number of hydrogen-bond acceptors (Lipinski definition) is 5. The van der Waals surface area contributed by atoms with Gasteiger partial charge in [-0.05, 0) is 44.7 Å². The van der Waals surface area contributed by atoms with Crippen LogP contribution in [-0.2, 0) is 4.74 Å². The first-order valence-electron chi connectivity index (χ1n) is 9.76. The van der Waals surface area contributed by atoms with Crippen molar-refractivity contribution in [3.63, 3.8) is 0 Å². The van der Waals surface area contributed by atoms with Gasteiger partial charge in [0.05, 0.1) is 6.10 Å². The number of pyridine rings is 1. The fourth-order valence-corrected chi connectivity index (χ4v) is 3.69. The molecule has 2 aromatic rings. The van der Waals surface area contributed by atoms with E-state index in [1.807, 2.05) is 25.3 Å². The third-order valence-electron chi connectivity index (χ3n) is 5.54. The Morgan fingerprint density at radius 3 is 2.73 bits per heavy atom. The van der Waals surface area contributed by atoms with Gasteiger partial charge in [-0.2, -0.15) is 0 Å². The van der Waals surface area contributed by atoms with Crippen LogP contribution in [0, 0.1) is 19.8 Å². The van der Waals surface area contributed by atoms with Crippen molar-refractivity contribution in [1.29, 1.82) is 0 Å². The van der Waals surface area contributed by atoms with Crippen LogP contribution in [0.15, 0.2) is 24.5 Å². The molecule has 1 N–H and O–H groups in total. The first-order chi connectivity index (χ1) is 12.6. The van der Waals surface area contributed by atoms with E-state index in [1.54, 1.807) is 6.20 Å². The summed E-state index contributed by atoms with van der Waals surface area (Å²) < 4.78 is 6.06. The minimum Gasteiger partial charge on any atom is -0.378 e. The van der Waals surface area contributed by atoms with Crippen LogP contribution in [0.3, 0.4) is 0 Å². The molecule has 1 saturated heterocycles. The molecule has 0 bridgehead atoms. The number of nitrogens with zero attached hydrogens (tertiary/aromatic N) is 3. The highest BCUT2D eigenvalue weighted by atomic mass is 16.5. The molecule has 0 amide bonds. The fourth-order valence-electron chi connectivity index (χ4n) is 3.69. The first kappa shape index (κ1) is 18.8. The van der Waals surface area contributed by atoms with Gasteiger partial charge in [0, 0.05) is 41.9 Å². The van der Waals surface area contributed by atoms with Gasteiger partial charge >= 0.3 is 0 Å². The number of rotatable bonds is 6. The highest BCUT2D eigenvalue weighted by Gasteiger charge is 2.28. The average molecular weight is 354 g/mol. The molecule has 140 valence electrons. The van der Waals surface area contributed by atoms with Gasteiger partial charge in [-0.15, -0.1) is 0 Å². The van der Waals surface area contributed by atoms with Gasteiger partial charge in [0.2, 0.25) is 0 Å². The van der Waals surface area contributed by atoms with Crippen LogP contribution < -0.4 is 5.32 Å². The van der Waals surface area contributed by atoms with Crippen molar-refractivity contribution in [2.24, 2.45) is 5.92 Å². The van der Waals surface area contributed by atoms with Crippen molar-refractivity contribution in [2.45, 2.75) is 65.5 Å². The molecule has 2 aromatic heterocycles. The van der Waals surface area contributed by atoms with Crippen LogP contribution in [0.4, 0.5) is 5.82 Å². The minimum atomic E-state index is 0.345.